The van der Waals surface area contributed by atoms with Crippen molar-refractivity contribution in [1.29, 1.82) is 0 Å². The predicted octanol–water partition coefficient (Wildman–Crippen LogP) is 4.40. The fourth-order valence-electron chi connectivity index (χ4n) is 1.51. The minimum absolute atomic E-state index is 0.318. The van der Waals surface area contributed by atoms with Crippen LogP contribution in [0.2, 0.25) is 0 Å². The lowest BCUT2D eigenvalue weighted by molar-refractivity contribution is 0.243. The Morgan fingerprint density at radius 1 is 1.06 bits per heavy atom. The maximum Gasteiger partial charge on any atom is 0.0695 e. The molecule has 0 saturated carbocycles. The van der Waals surface area contributed by atoms with E-state index < -0.39 is 0 Å². The van der Waals surface area contributed by atoms with Crippen LogP contribution in [0.4, 0.5) is 0 Å². The van der Waals surface area contributed by atoms with Gasteiger partial charge >= 0.3 is 0 Å². The highest BCUT2D eigenvalue weighted by molar-refractivity contribution is 5.02. The maximum absolute atomic E-state index is 9.15. The third kappa shape index (κ3) is 11.3. The molecule has 0 bridgehead atoms. The summed E-state index contributed by atoms with van der Waals surface area (Å²) in [6.45, 7) is 8.13. The van der Waals surface area contributed by atoms with Crippen molar-refractivity contribution < 1.29 is 5.11 Å². The van der Waals surface area contributed by atoms with Gasteiger partial charge in [0.1, 0.15) is 0 Å². The molecule has 0 rings (SSSR count). The molecule has 92 valence electrons. The highest BCUT2D eigenvalue weighted by atomic mass is 16.3. The quantitative estimate of drug-likeness (QED) is 0.500. The van der Waals surface area contributed by atoms with Gasteiger partial charge in [-0.2, -0.15) is 0 Å². The minimum atomic E-state index is -0.318. The van der Waals surface area contributed by atoms with Crippen molar-refractivity contribution in [1.82, 2.24) is 0 Å². The number of allylic oxidation sites excluding steroid dienone is 5. The molecule has 1 heteroatoms. The first-order valence-electron chi connectivity index (χ1n) is 6.16. The molecule has 0 amide bonds. The molecule has 16 heavy (non-hydrogen) atoms. The van der Waals surface area contributed by atoms with E-state index in [-0.39, 0.29) is 6.10 Å². The minimum Gasteiger partial charge on any atom is -0.389 e. The van der Waals surface area contributed by atoms with E-state index >= 15 is 0 Å². The highest BCUT2D eigenvalue weighted by Crippen LogP contribution is 2.07. The van der Waals surface area contributed by atoms with Crippen LogP contribution in [0.5, 0.6) is 0 Å². The van der Waals surface area contributed by atoms with Crippen LogP contribution in [0.25, 0.3) is 0 Å². The lowest BCUT2D eigenvalue weighted by Gasteiger charge is -2.00. The van der Waals surface area contributed by atoms with E-state index in [0.717, 1.165) is 25.7 Å². The van der Waals surface area contributed by atoms with Crippen LogP contribution >= 0.6 is 0 Å². The van der Waals surface area contributed by atoms with Gasteiger partial charge in [0.05, 0.1) is 6.10 Å². The first-order valence-corrected chi connectivity index (χ1v) is 6.16. The van der Waals surface area contributed by atoms with Crippen LogP contribution in [0.15, 0.2) is 35.5 Å². The van der Waals surface area contributed by atoms with Crippen molar-refractivity contribution in [3.05, 3.63) is 35.5 Å². The standard InChI is InChI=1S/C15H26O/c1-13(2)10-8-6-5-7-9-11-14(3)12-15(4)16/h5,7,10,12,15-16H,6,8-9,11H2,1-4H3. The van der Waals surface area contributed by atoms with Crippen molar-refractivity contribution in [2.45, 2.75) is 59.5 Å². The van der Waals surface area contributed by atoms with Gasteiger partial charge in [-0.3, -0.25) is 0 Å². The first-order chi connectivity index (χ1) is 7.52. The number of aliphatic hydroxyl groups excluding tert-OH is 1. The molecule has 0 aliphatic carbocycles. The molecule has 1 unspecified atom stereocenters. The summed E-state index contributed by atoms with van der Waals surface area (Å²) < 4.78 is 0. The number of unbranched alkanes of at least 4 members (excludes halogenated alkanes) is 1. The molecular weight excluding hydrogens is 196 g/mol. The number of hydrogen-bond acceptors (Lipinski definition) is 1. The molecule has 0 saturated heterocycles. The van der Waals surface area contributed by atoms with Crippen LogP contribution < -0.4 is 0 Å². The molecule has 0 aliphatic heterocycles. The van der Waals surface area contributed by atoms with Gasteiger partial charge in [0.2, 0.25) is 0 Å². The summed E-state index contributed by atoms with van der Waals surface area (Å²) in [7, 11) is 0. The topological polar surface area (TPSA) is 20.2 Å². The molecule has 0 aromatic carbocycles. The Kier molecular flexibility index (Phi) is 8.93. The maximum atomic E-state index is 9.15. The van der Waals surface area contributed by atoms with Gasteiger partial charge in [0, 0.05) is 0 Å². The number of hydrogen-bond donors (Lipinski definition) is 1. The molecule has 0 spiro atoms. The highest BCUT2D eigenvalue weighted by Gasteiger charge is 1.91. The third-order valence-electron chi connectivity index (χ3n) is 2.28. The van der Waals surface area contributed by atoms with E-state index in [1.807, 2.05) is 6.08 Å². The van der Waals surface area contributed by atoms with Crippen molar-refractivity contribution in [2.75, 3.05) is 0 Å². The second-order valence-electron chi connectivity index (χ2n) is 4.62. The van der Waals surface area contributed by atoms with Crippen LogP contribution in [-0.4, -0.2) is 11.2 Å². The molecule has 0 radical (unpaired) electrons. The van der Waals surface area contributed by atoms with Crippen molar-refractivity contribution in [3.63, 3.8) is 0 Å². The molecule has 0 fully saturated rings. The summed E-state index contributed by atoms with van der Waals surface area (Å²) in [6.07, 6.45) is 12.7. The van der Waals surface area contributed by atoms with Crippen LogP contribution in [-0.2, 0) is 0 Å². The summed E-state index contributed by atoms with van der Waals surface area (Å²) in [6, 6.07) is 0. The fourth-order valence-corrected chi connectivity index (χ4v) is 1.51. The molecule has 0 aromatic heterocycles. The summed E-state index contributed by atoms with van der Waals surface area (Å²) in [4.78, 5) is 0. The van der Waals surface area contributed by atoms with Crippen molar-refractivity contribution in [2.24, 2.45) is 0 Å². The van der Waals surface area contributed by atoms with E-state index in [1.54, 1.807) is 6.92 Å². The Hall–Kier alpha value is -0.820. The second-order valence-corrected chi connectivity index (χ2v) is 4.62. The van der Waals surface area contributed by atoms with Crippen LogP contribution in [0.1, 0.15) is 53.4 Å². The second kappa shape index (κ2) is 9.41. The first kappa shape index (κ1) is 15.2. The molecule has 1 nitrogen and oxygen atoms in total. The van der Waals surface area contributed by atoms with Gasteiger partial charge in [0.25, 0.3) is 0 Å². The van der Waals surface area contributed by atoms with E-state index in [9.17, 15) is 0 Å². The van der Waals surface area contributed by atoms with Gasteiger partial charge in [0.15, 0.2) is 0 Å². The smallest absolute Gasteiger partial charge is 0.0695 e. The summed E-state index contributed by atoms with van der Waals surface area (Å²) in [5.41, 5.74) is 2.66. The molecule has 0 heterocycles. The van der Waals surface area contributed by atoms with Crippen LogP contribution in [0, 0.1) is 0 Å². The van der Waals surface area contributed by atoms with E-state index in [0.29, 0.717) is 0 Å². The van der Waals surface area contributed by atoms with E-state index in [1.165, 1.54) is 11.1 Å². The summed E-state index contributed by atoms with van der Waals surface area (Å²) >= 11 is 0. The van der Waals surface area contributed by atoms with Crippen LogP contribution in [0.3, 0.4) is 0 Å². The largest absolute Gasteiger partial charge is 0.389 e. The van der Waals surface area contributed by atoms with Crippen molar-refractivity contribution in [3.8, 4) is 0 Å². The zero-order chi connectivity index (χ0) is 12.4. The summed E-state index contributed by atoms with van der Waals surface area (Å²) in [5.74, 6) is 0. The molecular formula is C15H26O. The zero-order valence-corrected chi connectivity index (χ0v) is 11.2. The fraction of sp³-hybridized carbons (Fsp3) is 0.600. The van der Waals surface area contributed by atoms with Gasteiger partial charge in [-0.15, -0.1) is 0 Å². The number of rotatable bonds is 7. The lowest BCUT2D eigenvalue weighted by atomic mass is 10.1. The molecule has 0 aromatic rings. The zero-order valence-electron chi connectivity index (χ0n) is 11.2. The Bertz CT molecular complexity index is 253. The summed E-state index contributed by atoms with van der Waals surface area (Å²) in [5, 5.41) is 9.15. The predicted molar refractivity (Wildman–Crippen MR) is 72.5 cm³/mol. The molecule has 1 N–H and O–H groups in total. The average Bonchev–Trinajstić information content (AvgIpc) is 2.14. The Morgan fingerprint density at radius 2 is 1.69 bits per heavy atom. The SMILES string of the molecule is CC(C)=CCCC=CCCC(C)=CC(C)O. The Morgan fingerprint density at radius 3 is 2.25 bits per heavy atom. The molecule has 1 atom stereocenters. The molecule has 0 aliphatic rings. The van der Waals surface area contributed by atoms with Gasteiger partial charge < -0.3 is 5.11 Å². The lowest BCUT2D eigenvalue weighted by Crippen LogP contribution is -1.94. The normalized spacial score (nSPS) is 14.2. The monoisotopic (exact) mass is 222 g/mol. The number of aliphatic hydroxyl groups is 1. The van der Waals surface area contributed by atoms with Gasteiger partial charge in [-0.1, -0.05) is 35.5 Å². The van der Waals surface area contributed by atoms with E-state index in [4.69, 9.17) is 5.11 Å². The van der Waals surface area contributed by atoms with E-state index in [2.05, 4.69) is 39.0 Å². The Balaban J connectivity index is 3.59. The average molecular weight is 222 g/mol. The third-order valence-corrected chi connectivity index (χ3v) is 2.28. The Labute approximate surface area is 101 Å². The van der Waals surface area contributed by atoms with Gasteiger partial charge in [-0.25, -0.2) is 0 Å². The van der Waals surface area contributed by atoms with Gasteiger partial charge in [-0.05, 0) is 53.4 Å². The van der Waals surface area contributed by atoms with Crippen molar-refractivity contribution >= 4 is 0 Å².